The first-order valence-electron chi connectivity index (χ1n) is 30.1. The van der Waals surface area contributed by atoms with Crippen molar-refractivity contribution in [1.29, 1.82) is 0 Å². The Kier molecular flexibility index (Phi) is 22.1. The summed E-state index contributed by atoms with van der Waals surface area (Å²) in [5, 5.41) is 14.0. The molecule has 4 aromatic heterocycles. The summed E-state index contributed by atoms with van der Waals surface area (Å²) in [4.78, 5) is 108. The molecule has 4 fully saturated rings. The largest absolute Gasteiger partial charge is 0.494 e. The first kappa shape index (κ1) is 68.0. The number of benzene rings is 4. The number of nitrogens with two attached hydrogens (primary N) is 4. The fraction of sp³-hybridized carbons (Fsp3) is 0.333. The van der Waals surface area contributed by atoms with Gasteiger partial charge in [0.2, 0.25) is 35.4 Å². The number of para-hydroxylation sites is 3. The molecular formula is C66H71FN12O16. The minimum atomic E-state index is -1.52. The van der Waals surface area contributed by atoms with E-state index in [-0.39, 0.29) is 82.5 Å². The number of carbonyl (C=O) groups is 8. The zero-order chi connectivity index (χ0) is 68.0. The number of hydrogen-bond donors (Lipinski definition) is 8. The molecule has 8 amide bonds. The van der Waals surface area contributed by atoms with E-state index in [0.29, 0.717) is 102 Å². The van der Waals surface area contributed by atoms with Crippen molar-refractivity contribution >= 4 is 90.9 Å². The number of primary amides is 4. The number of methoxy groups -OCH3 is 4. The van der Waals surface area contributed by atoms with Crippen molar-refractivity contribution < 1.29 is 80.6 Å². The van der Waals surface area contributed by atoms with Gasteiger partial charge in [0.1, 0.15) is 82.7 Å². The third-order valence-corrected chi connectivity index (χ3v) is 15.9. The van der Waals surface area contributed by atoms with Gasteiger partial charge in [-0.15, -0.1) is 0 Å². The molecule has 4 saturated heterocycles. The van der Waals surface area contributed by atoms with Crippen molar-refractivity contribution in [2.75, 3.05) is 54.9 Å². The van der Waals surface area contributed by atoms with Crippen LogP contribution in [-0.2, 0) is 19.2 Å². The molecular weight excluding hydrogens is 1240 g/mol. The molecule has 12 N–H and O–H groups in total. The van der Waals surface area contributed by atoms with E-state index < -0.39 is 47.7 Å². The van der Waals surface area contributed by atoms with E-state index >= 15 is 0 Å². The summed E-state index contributed by atoms with van der Waals surface area (Å²) in [6.45, 7) is 3.06. The SMILES string of the molecule is CC[C@@H]1[C@H](F)C(=O)N[C@@H]1COc1cccc2cc(C(N)=O)c(OC)nc12.COc1cc2c(OCC3CCC(=O)N3)cccc2nc1C(N)=O.COc1nc2c(OCC3CCC(=O)N3)cccc2cc1C(N)=O.COc1nc2c(OC[C@@H]3CCC(=O)N3)cccc2cc1C(N)=O. The fourth-order valence-corrected chi connectivity index (χ4v) is 11.0. The zero-order valence-electron chi connectivity index (χ0n) is 52.5. The first-order chi connectivity index (χ1) is 45.7. The number of halogens is 1. The number of pyridine rings is 4. The van der Waals surface area contributed by atoms with Crippen molar-refractivity contribution in [2.45, 2.75) is 82.2 Å². The van der Waals surface area contributed by atoms with Gasteiger partial charge in [0.05, 0.1) is 58.1 Å². The molecule has 8 heterocycles. The second-order valence-electron chi connectivity index (χ2n) is 22.2. The summed E-state index contributed by atoms with van der Waals surface area (Å²) in [6.07, 6.45) is 2.86. The van der Waals surface area contributed by atoms with Gasteiger partial charge in [-0.3, -0.25) is 38.4 Å². The van der Waals surface area contributed by atoms with E-state index in [1.54, 1.807) is 66.7 Å². The Balaban J connectivity index is 0.000000149. The number of aromatic nitrogens is 4. The molecule has 0 spiro atoms. The maximum absolute atomic E-state index is 13.9. The van der Waals surface area contributed by atoms with Crippen LogP contribution < -0.4 is 82.1 Å². The summed E-state index contributed by atoms with van der Waals surface area (Å²) in [5.74, 6) is -0.463. The Morgan fingerprint density at radius 3 is 1.20 bits per heavy atom. The summed E-state index contributed by atoms with van der Waals surface area (Å²) < 4.78 is 57.7. The zero-order valence-corrected chi connectivity index (χ0v) is 52.5. The van der Waals surface area contributed by atoms with Gasteiger partial charge in [0.25, 0.3) is 29.5 Å². The minimum Gasteiger partial charge on any atom is -0.494 e. The van der Waals surface area contributed by atoms with Gasteiger partial charge in [-0.25, -0.2) is 24.3 Å². The number of alkyl halides is 1. The normalized spacial score (nSPS) is 18.5. The highest BCUT2D eigenvalue weighted by molar-refractivity contribution is 6.02. The fourth-order valence-electron chi connectivity index (χ4n) is 11.0. The lowest BCUT2D eigenvalue weighted by atomic mass is 9.97. The number of nitrogens with zero attached hydrogens (tertiary/aromatic N) is 4. The average molecular weight is 1310 g/mol. The molecule has 2 unspecified atom stereocenters. The van der Waals surface area contributed by atoms with E-state index in [1.807, 2.05) is 37.3 Å². The van der Waals surface area contributed by atoms with E-state index in [0.717, 1.165) is 35.4 Å². The quantitative estimate of drug-likeness (QED) is 0.0488. The van der Waals surface area contributed by atoms with Crippen LogP contribution in [0.2, 0.25) is 0 Å². The number of nitrogens with one attached hydrogen (secondary N) is 4. The molecule has 95 heavy (non-hydrogen) atoms. The number of hydrogen-bond acceptors (Lipinski definition) is 20. The van der Waals surface area contributed by atoms with Gasteiger partial charge >= 0.3 is 0 Å². The molecule has 4 aromatic carbocycles. The smallest absolute Gasteiger partial charge is 0.271 e. The predicted octanol–water partition coefficient (Wildman–Crippen LogP) is 4.58. The molecule has 0 radical (unpaired) electrons. The summed E-state index contributed by atoms with van der Waals surface area (Å²) in [7, 11) is 5.70. The van der Waals surface area contributed by atoms with Gasteiger partial charge < -0.3 is 82.1 Å². The minimum absolute atomic E-state index is 0.00421. The van der Waals surface area contributed by atoms with Gasteiger partial charge in [-0.05, 0) is 80.3 Å². The molecule has 12 rings (SSSR count). The van der Waals surface area contributed by atoms with Crippen LogP contribution in [0.1, 0.15) is 93.4 Å². The second kappa shape index (κ2) is 30.8. The Morgan fingerprint density at radius 1 is 0.474 bits per heavy atom. The highest BCUT2D eigenvalue weighted by Crippen LogP contribution is 2.34. The molecule has 28 nitrogen and oxygen atoms in total. The standard InChI is InChI=1S/C18H20FN3O4.3C16H17N3O4/c1-3-10-12(21-17(24)14(10)19)8-26-13-6-4-5-9-7-11(16(20)23)18(25-2)22-15(9)13;1-22-13-7-10-11(19-15(13)16(17)21)3-2-4-12(10)23-8-9-5-6-14(20)18-9;2*1-22-16-11(15(17)21)7-9-3-2-4-12(14(9)19-16)23-8-10-5-6-13(20)18-10/h4-7,10,12,14H,3,8H2,1-2H3,(H2,20,23)(H,21,24);2-4,7,9H,5-6,8H2,1H3,(H2,17,21)(H,18,20);2*2-4,7,10H,5-6,8H2,1H3,(H2,17,21)(H,18,20)/t10-,12+,14-;;10-;/m0.0./s1. The number of fused-ring (bicyclic) bond motifs is 4. The molecule has 29 heteroatoms. The van der Waals surface area contributed by atoms with Gasteiger partial charge in [0, 0.05) is 46.7 Å². The molecule has 4 aliphatic heterocycles. The number of amides is 8. The Labute approximate surface area is 542 Å². The van der Waals surface area contributed by atoms with Crippen LogP contribution in [0, 0.1) is 5.92 Å². The lowest BCUT2D eigenvalue weighted by Gasteiger charge is -2.19. The van der Waals surface area contributed by atoms with Crippen LogP contribution in [-0.4, -0.2) is 152 Å². The Morgan fingerprint density at radius 2 is 0.853 bits per heavy atom. The Hall–Kier alpha value is -11.4. The van der Waals surface area contributed by atoms with E-state index in [4.69, 9.17) is 60.8 Å². The van der Waals surface area contributed by atoms with Crippen LogP contribution in [0.5, 0.6) is 46.4 Å². The molecule has 498 valence electrons. The van der Waals surface area contributed by atoms with Gasteiger partial charge in [-0.1, -0.05) is 49.4 Å². The van der Waals surface area contributed by atoms with Crippen LogP contribution >= 0.6 is 0 Å². The van der Waals surface area contributed by atoms with Crippen molar-refractivity contribution in [3.8, 4) is 46.4 Å². The molecule has 0 saturated carbocycles. The summed E-state index contributed by atoms with van der Waals surface area (Å²) >= 11 is 0. The van der Waals surface area contributed by atoms with Crippen LogP contribution in [0.25, 0.3) is 43.6 Å². The molecule has 6 atom stereocenters. The third-order valence-electron chi connectivity index (χ3n) is 15.9. The van der Waals surface area contributed by atoms with Gasteiger partial charge in [-0.2, -0.15) is 0 Å². The molecule has 0 bridgehead atoms. The molecule has 4 aliphatic rings. The van der Waals surface area contributed by atoms with E-state index in [9.17, 15) is 42.7 Å². The number of rotatable bonds is 21. The van der Waals surface area contributed by atoms with Crippen LogP contribution in [0.4, 0.5) is 4.39 Å². The highest BCUT2D eigenvalue weighted by atomic mass is 19.1. The lowest BCUT2D eigenvalue weighted by molar-refractivity contribution is -0.124. The van der Waals surface area contributed by atoms with Crippen molar-refractivity contribution in [3.05, 3.63) is 119 Å². The topological polar surface area (TPSA) is 414 Å². The molecule has 8 aromatic rings. The first-order valence-corrected chi connectivity index (χ1v) is 30.1. The maximum Gasteiger partial charge on any atom is 0.271 e. The monoisotopic (exact) mass is 1310 g/mol. The van der Waals surface area contributed by atoms with Gasteiger partial charge in [0.15, 0.2) is 17.6 Å². The van der Waals surface area contributed by atoms with Crippen molar-refractivity contribution in [3.63, 3.8) is 0 Å². The maximum atomic E-state index is 13.9. The predicted molar refractivity (Wildman–Crippen MR) is 343 cm³/mol. The summed E-state index contributed by atoms with van der Waals surface area (Å²) in [6, 6.07) is 27.6. The van der Waals surface area contributed by atoms with Crippen LogP contribution in [0.15, 0.2) is 97.1 Å². The van der Waals surface area contributed by atoms with E-state index in [1.165, 1.54) is 28.4 Å². The second-order valence-corrected chi connectivity index (χ2v) is 22.2. The Bertz CT molecular complexity index is 3940. The third kappa shape index (κ3) is 16.3. The van der Waals surface area contributed by atoms with Crippen molar-refractivity contribution in [2.24, 2.45) is 28.9 Å². The summed E-state index contributed by atoms with van der Waals surface area (Å²) in [5.41, 5.74) is 24.3. The number of ether oxygens (including phenoxy) is 8. The highest BCUT2D eigenvalue weighted by Gasteiger charge is 2.42. The lowest BCUT2D eigenvalue weighted by Crippen LogP contribution is -2.34. The van der Waals surface area contributed by atoms with Crippen molar-refractivity contribution in [1.82, 2.24) is 41.2 Å². The van der Waals surface area contributed by atoms with Crippen LogP contribution in [0.3, 0.4) is 0 Å². The number of carbonyl (C=O) groups excluding carboxylic acids is 8. The molecule has 0 aliphatic carbocycles. The van der Waals surface area contributed by atoms with E-state index in [2.05, 4.69) is 41.2 Å². The average Bonchev–Trinajstić information content (AvgIpc) is 1.33.